The zero-order valence-corrected chi connectivity index (χ0v) is 40.0. The quantitative estimate of drug-likeness (QED) is 0.0637. The van der Waals surface area contributed by atoms with Crippen molar-refractivity contribution >= 4 is 45.1 Å². The van der Waals surface area contributed by atoms with Crippen molar-refractivity contribution in [3.05, 3.63) is 68.8 Å². The lowest BCUT2D eigenvalue weighted by Gasteiger charge is -2.20. The normalized spacial score (nSPS) is 15.5. The molecule has 15 nitrogen and oxygen atoms in total. The van der Waals surface area contributed by atoms with Gasteiger partial charge < -0.3 is 52.8 Å². The third-order valence-electron chi connectivity index (χ3n) is 12.3. The fraction of sp³-hybridized carbons (Fsp3) is 0.592. The van der Waals surface area contributed by atoms with Crippen molar-refractivity contribution in [2.75, 3.05) is 108 Å². The van der Waals surface area contributed by atoms with Gasteiger partial charge in [-0.2, -0.15) is 0 Å². The number of aromatic nitrogens is 4. The number of aryl methyl sites for hydroxylation is 3. The number of hydrogen-bond acceptors (Lipinski definition) is 12. The monoisotopic (exact) mass is 890 g/mol. The molecule has 3 aromatic heterocycles. The van der Waals surface area contributed by atoms with Gasteiger partial charge in [0, 0.05) is 85.1 Å². The van der Waals surface area contributed by atoms with Gasteiger partial charge in [0.15, 0.2) is 0 Å². The van der Waals surface area contributed by atoms with Gasteiger partial charge in [-0.05, 0) is 93.5 Å². The average Bonchev–Trinajstić information content (AvgIpc) is 3.98. The van der Waals surface area contributed by atoms with Crippen molar-refractivity contribution < 1.29 is 47.5 Å². The zero-order chi connectivity index (χ0) is 46.3. The summed E-state index contributed by atoms with van der Waals surface area (Å²) in [5.74, 6) is -0.645. The van der Waals surface area contributed by atoms with Crippen molar-refractivity contribution in [3.8, 4) is 0 Å². The minimum absolute atomic E-state index is 0.0624. The van der Waals surface area contributed by atoms with E-state index in [0.717, 1.165) is 73.3 Å². The average molecular weight is 890 g/mol. The van der Waals surface area contributed by atoms with Gasteiger partial charge >= 0.3 is 5.97 Å². The summed E-state index contributed by atoms with van der Waals surface area (Å²) in [5.41, 5.74) is 13.2. The minimum Gasteiger partial charge on any atom is -0.469 e. The molecule has 2 N–H and O–H groups in total. The molecule has 5 rings (SSSR count). The van der Waals surface area contributed by atoms with Crippen LogP contribution in [0.4, 0.5) is 0 Å². The SMILES string of the molecule is CCc1c(C)c2cc3[nH]c(cc4nc(c(C)c5nc(cc1[nH]2)C(C)=C5C(=O)N(C)CCOCCOCCOC)[C@@H](CCC(=O)OC)[C@@H]4C)c(C)c3C(C)OCCOCCOCCOC. The smallest absolute Gasteiger partial charge is 0.305 e. The number of ether oxygens (including phenoxy) is 8. The molecule has 2 aliphatic rings. The topological polar surface area (TPSA) is 169 Å². The van der Waals surface area contributed by atoms with E-state index in [4.69, 9.17) is 47.9 Å². The minimum atomic E-state index is -0.285. The molecule has 0 saturated carbocycles. The largest absolute Gasteiger partial charge is 0.469 e. The summed E-state index contributed by atoms with van der Waals surface area (Å²) < 4.78 is 44.2. The predicted octanol–water partition coefficient (Wildman–Crippen LogP) is 7.47. The first-order chi connectivity index (χ1) is 30.9. The van der Waals surface area contributed by atoms with E-state index < -0.39 is 0 Å². The summed E-state index contributed by atoms with van der Waals surface area (Å²) >= 11 is 0. The molecule has 0 fully saturated rings. The van der Waals surface area contributed by atoms with Gasteiger partial charge in [0.25, 0.3) is 5.91 Å². The molecule has 1 amide bonds. The molecule has 0 saturated heterocycles. The van der Waals surface area contributed by atoms with Crippen LogP contribution >= 0.6 is 0 Å². The second-order valence-corrected chi connectivity index (χ2v) is 16.4. The Bertz CT molecular complexity index is 2250. The maximum Gasteiger partial charge on any atom is 0.305 e. The van der Waals surface area contributed by atoms with E-state index in [2.05, 4.69) is 62.8 Å². The van der Waals surface area contributed by atoms with Gasteiger partial charge in [-0.1, -0.05) is 13.8 Å². The van der Waals surface area contributed by atoms with E-state index in [9.17, 15) is 9.59 Å². The number of nitrogens with one attached hydrogen (secondary N) is 2. The fourth-order valence-corrected chi connectivity index (χ4v) is 8.47. The van der Waals surface area contributed by atoms with Crippen molar-refractivity contribution in [1.29, 1.82) is 0 Å². The molecule has 0 spiro atoms. The third kappa shape index (κ3) is 12.4. The lowest BCUT2D eigenvalue weighted by Crippen LogP contribution is -2.31. The second-order valence-electron chi connectivity index (χ2n) is 16.4. The van der Waals surface area contributed by atoms with Gasteiger partial charge in [0.1, 0.15) is 0 Å². The van der Waals surface area contributed by atoms with Crippen molar-refractivity contribution in [3.63, 3.8) is 0 Å². The highest BCUT2D eigenvalue weighted by atomic mass is 16.6. The standard InChI is InChI=1S/C49H71N5O10/c1-12-36-30(2)38-29-43-45(35(7)64-26-25-63-24-23-62-20-18-58-10)32(4)40(51-43)27-39-31(3)37(13-14-44(55)59-11)47(52-39)34(6)48-46(33(5)41(53-48)28-42(36)50-38)49(56)54(8)15-16-60-21-22-61-19-17-57-9/h27-29,31,35,37,50-51H,12-26H2,1-11H3/t31-,35?,37-/m0/s1. The van der Waals surface area contributed by atoms with Crippen LogP contribution in [0.15, 0.2) is 18.2 Å². The molecular formula is C49H71N5O10. The molecule has 5 heterocycles. The van der Waals surface area contributed by atoms with Crippen LogP contribution in [0.2, 0.25) is 0 Å². The van der Waals surface area contributed by atoms with Crippen LogP contribution in [-0.2, 0) is 53.9 Å². The van der Waals surface area contributed by atoms with Gasteiger partial charge in [-0.15, -0.1) is 0 Å². The van der Waals surface area contributed by atoms with Crippen LogP contribution in [0.5, 0.6) is 0 Å². The summed E-state index contributed by atoms with van der Waals surface area (Å²) in [6.07, 6.45) is 1.26. The number of methoxy groups -OCH3 is 3. The number of carbonyl (C=O) groups is 2. The number of amides is 1. The molecule has 15 heteroatoms. The van der Waals surface area contributed by atoms with E-state index in [0.29, 0.717) is 103 Å². The first-order valence-electron chi connectivity index (χ1n) is 22.5. The summed E-state index contributed by atoms with van der Waals surface area (Å²) in [6, 6.07) is 6.34. The van der Waals surface area contributed by atoms with Crippen LogP contribution in [0.1, 0.15) is 109 Å². The molecule has 64 heavy (non-hydrogen) atoms. The third-order valence-corrected chi connectivity index (χ3v) is 12.3. The molecular weight excluding hydrogens is 819 g/mol. The summed E-state index contributed by atoms with van der Waals surface area (Å²) in [4.78, 5) is 46.9. The second kappa shape index (κ2) is 24.7. The number of hydrogen-bond donors (Lipinski definition) is 2. The number of esters is 1. The predicted molar refractivity (Wildman–Crippen MR) is 249 cm³/mol. The molecule has 0 aliphatic carbocycles. The maximum absolute atomic E-state index is 14.6. The van der Waals surface area contributed by atoms with E-state index >= 15 is 0 Å². The molecule has 0 radical (unpaired) electrons. The zero-order valence-electron chi connectivity index (χ0n) is 40.0. The molecule has 352 valence electrons. The van der Waals surface area contributed by atoms with E-state index in [-0.39, 0.29) is 36.2 Å². The van der Waals surface area contributed by atoms with Gasteiger partial charge in [0.05, 0.1) is 103 Å². The molecule has 3 atom stereocenters. The number of allylic oxidation sites excluding steroid dienone is 1. The first-order valence-corrected chi connectivity index (χ1v) is 22.5. The Hall–Kier alpha value is -4.48. The molecule has 0 aromatic carbocycles. The molecule has 3 aromatic rings. The Balaban J connectivity index is 1.62. The van der Waals surface area contributed by atoms with Crippen LogP contribution < -0.4 is 0 Å². The summed E-state index contributed by atoms with van der Waals surface area (Å²) in [5, 5.41) is 0. The Morgan fingerprint density at radius 1 is 0.734 bits per heavy atom. The van der Waals surface area contributed by atoms with Crippen molar-refractivity contribution in [2.45, 2.75) is 85.7 Å². The lowest BCUT2D eigenvalue weighted by molar-refractivity contribution is -0.140. The molecule has 8 bridgehead atoms. The number of fused-ring (bicyclic) bond motifs is 8. The Kier molecular flexibility index (Phi) is 19.5. The van der Waals surface area contributed by atoms with Gasteiger partial charge in [-0.3, -0.25) is 14.6 Å². The van der Waals surface area contributed by atoms with E-state index in [1.807, 2.05) is 13.8 Å². The van der Waals surface area contributed by atoms with E-state index in [1.54, 1.807) is 26.2 Å². The fourth-order valence-electron chi connectivity index (χ4n) is 8.47. The Morgan fingerprint density at radius 3 is 1.95 bits per heavy atom. The number of rotatable bonds is 25. The lowest BCUT2D eigenvalue weighted by atomic mass is 9.85. The summed E-state index contributed by atoms with van der Waals surface area (Å²) in [6.45, 7) is 20.1. The number of aromatic amines is 2. The first kappa shape index (κ1) is 50.5. The van der Waals surface area contributed by atoms with E-state index in [1.165, 1.54) is 7.11 Å². The Labute approximate surface area is 378 Å². The number of carbonyl (C=O) groups excluding carboxylic acids is 2. The highest BCUT2D eigenvalue weighted by Gasteiger charge is 2.34. The van der Waals surface area contributed by atoms with Gasteiger partial charge in [-0.25, -0.2) is 4.98 Å². The highest BCUT2D eigenvalue weighted by Crippen LogP contribution is 2.44. The maximum atomic E-state index is 14.6. The number of H-pyrrole nitrogens is 2. The van der Waals surface area contributed by atoms with Crippen LogP contribution in [0.3, 0.4) is 0 Å². The van der Waals surface area contributed by atoms with Crippen LogP contribution in [-0.4, -0.2) is 144 Å². The molecule has 1 unspecified atom stereocenters. The van der Waals surface area contributed by atoms with Crippen LogP contribution in [0, 0.1) is 20.8 Å². The van der Waals surface area contributed by atoms with Crippen molar-refractivity contribution in [1.82, 2.24) is 24.8 Å². The number of nitrogens with zero attached hydrogens (tertiary/aromatic N) is 3. The van der Waals surface area contributed by atoms with Gasteiger partial charge in [0.2, 0.25) is 0 Å². The number of likely N-dealkylation sites (N-methyl/N-ethyl adjacent to an activating group) is 1. The Morgan fingerprint density at radius 2 is 1.33 bits per heavy atom. The van der Waals surface area contributed by atoms with Crippen LogP contribution in [0.25, 0.3) is 33.2 Å². The van der Waals surface area contributed by atoms with Crippen molar-refractivity contribution in [2.24, 2.45) is 0 Å². The molecule has 2 aliphatic heterocycles. The highest BCUT2D eigenvalue weighted by molar-refractivity contribution is 6.27. The summed E-state index contributed by atoms with van der Waals surface area (Å²) in [7, 11) is 6.48.